The SMILES string of the molecule is O=S(=O)(NCc1ccc(Oc2nccs2)cc1)c1ccc(Br)cc1. The monoisotopic (exact) mass is 424 g/mol. The van der Waals surface area contributed by atoms with Gasteiger partial charge in [0.15, 0.2) is 0 Å². The van der Waals surface area contributed by atoms with Gasteiger partial charge in [-0.2, -0.15) is 0 Å². The van der Waals surface area contributed by atoms with Gasteiger partial charge >= 0.3 is 0 Å². The number of sulfonamides is 1. The smallest absolute Gasteiger partial charge is 0.278 e. The van der Waals surface area contributed by atoms with Crippen LogP contribution in [0.2, 0.25) is 0 Å². The second-order valence-corrected chi connectivity index (χ2v) is 8.36. The van der Waals surface area contributed by atoms with Crippen LogP contribution in [-0.2, 0) is 16.6 Å². The van der Waals surface area contributed by atoms with E-state index in [1.165, 1.54) is 11.3 Å². The number of aromatic nitrogens is 1. The van der Waals surface area contributed by atoms with Gasteiger partial charge in [-0.25, -0.2) is 18.1 Å². The summed E-state index contributed by atoms with van der Waals surface area (Å²) < 4.78 is 33.5. The summed E-state index contributed by atoms with van der Waals surface area (Å²) in [7, 11) is -3.54. The molecular formula is C16H13BrN2O3S2. The van der Waals surface area contributed by atoms with Gasteiger partial charge in [-0.1, -0.05) is 39.4 Å². The summed E-state index contributed by atoms with van der Waals surface area (Å²) in [6, 6.07) is 13.7. The van der Waals surface area contributed by atoms with Crippen molar-refractivity contribution in [2.75, 3.05) is 0 Å². The Kier molecular flexibility index (Phi) is 5.30. The average molecular weight is 425 g/mol. The average Bonchev–Trinajstić information content (AvgIpc) is 3.08. The molecular weight excluding hydrogens is 412 g/mol. The highest BCUT2D eigenvalue weighted by Crippen LogP contribution is 2.23. The molecule has 0 saturated heterocycles. The van der Waals surface area contributed by atoms with Crippen molar-refractivity contribution in [3.63, 3.8) is 0 Å². The molecule has 0 fully saturated rings. The first-order chi connectivity index (χ1) is 11.5. The standard InChI is InChI=1S/C16H13BrN2O3S2/c17-13-3-7-15(8-4-13)24(20,21)19-11-12-1-5-14(6-2-12)22-16-18-9-10-23-16/h1-10,19H,11H2. The van der Waals surface area contributed by atoms with Crippen LogP contribution in [0.4, 0.5) is 0 Å². The van der Waals surface area contributed by atoms with Gasteiger partial charge in [0.1, 0.15) is 5.75 Å². The zero-order valence-corrected chi connectivity index (χ0v) is 15.6. The lowest BCUT2D eigenvalue weighted by Crippen LogP contribution is -2.23. The molecule has 0 saturated carbocycles. The molecule has 2 aromatic carbocycles. The second-order valence-electron chi connectivity index (χ2n) is 4.82. The van der Waals surface area contributed by atoms with E-state index in [9.17, 15) is 8.42 Å². The van der Waals surface area contributed by atoms with Crippen molar-refractivity contribution < 1.29 is 13.2 Å². The molecule has 0 amide bonds. The van der Waals surface area contributed by atoms with Gasteiger partial charge < -0.3 is 4.74 Å². The fourth-order valence-corrected chi connectivity index (χ4v) is 3.70. The molecule has 0 bridgehead atoms. The third-order valence-corrected chi connectivity index (χ3v) is 5.72. The Morgan fingerprint density at radius 1 is 1.08 bits per heavy atom. The Morgan fingerprint density at radius 2 is 1.79 bits per heavy atom. The van der Waals surface area contributed by atoms with Gasteiger partial charge in [0.25, 0.3) is 5.19 Å². The normalized spacial score (nSPS) is 11.4. The molecule has 1 heterocycles. The minimum Gasteiger partial charge on any atom is -0.431 e. The minimum absolute atomic E-state index is 0.204. The van der Waals surface area contributed by atoms with Gasteiger partial charge in [0.2, 0.25) is 10.0 Å². The molecule has 24 heavy (non-hydrogen) atoms. The molecule has 0 spiro atoms. The van der Waals surface area contributed by atoms with E-state index in [4.69, 9.17) is 4.74 Å². The maximum absolute atomic E-state index is 12.2. The van der Waals surface area contributed by atoms with E-state index < -0.39 is 10.0 Å². The summed E-state index contributed by atoms with van der Waals surface area (Å²) in [5.74, 6) is 0.657. The van der Waals surface area contributed by atoms with Crippen LogP contribution in [0.5, 0.6) is 10.9 Å². The summed E-state index contributed by atoms with van der Waals surface area (Å²) in [5.41, 5.74) is 0.835. The van der Waals surface area contributed by atoms with E-state index in [1.807, 2.05) is 17.5 Å². The van der Waals surface area contributed by atoms with E-state index in [0.29, 0.717) is 10.9 Å². The molecule has 3 rings (SSSR count). The first-order valence-electron chi connectivity index (χ1n) is 6.94. The number of thiazole rings is 1. The van der Waals surface area contributed by atoms with Crippen molar-refractivity contribution in [3.8, 4) is 10.9 Å². The minimum atomic E-state index is -3.54. The molecule has 8 heteroatoms. The summed E-state index contributed by atoms with van der Waals surface area (Å²) >= 11 is 4.69. The second kappa shape index (κ2) is 7.43. The van der Waals surface area contributed by atoms with Gasteiger partial charge in [0, 0.05) is 22.6 Å². The summed E-state index contributed by atoms with van der Waals surface area (Å²) in [4.78, 5) is 4.27. The number of rotatable bonds is 6. The summed E-state index contributed by atoms with van der Waals surface area (Å²) in [6.07, 6.45) is 1.67. The van der Waals surface area contributed by atoms with Crippen LogP contribution in [-0.4, -0.2) is 13.4 Å². The third kappa shape index (κ3) is 4.41. The lowest BCUT2D eigenvalue weighted by atomic mass is 10.2. The molecule has 0 aliphatic carbocycles. The van der Waals surface area contributed by atoms with Crippen LogP contribution < -0.4 is 9.46 Å². The molecule has 0 aliphatic rings. The topological polar surface area (TPSA) is 68.3 Å². The predicted octanol–water partition coefficient (Wildman–Crippen LogP) is 4.18. The summed E-state index contributed by atoms with van der Waals surface area (Å²) in [5, 5.41) is 2.40. The zero-order chi connectivity index (χ0) is 17.0. The molecule has 0 unspecified atom stereocenters. The number of nitrogens with one attached hydrogen (secondary N) is 1. The van der Waals surface area contributed by atoms with Crippen LogP contribution in [0.1, 0.15) is 5.56 Å². The van der Waals surface area contributed by atoms with Crippen molar-refractivity contribution in [1.82, 2.24) is 9.71 Å². The quantitative estimate of drug-likeness (QED) is 0.644. The summed E-state index contributed by atoms with van der Waals surface area (Å²) in [6.45, 7) is 0.204. The van der Waals surface area contributed by atoms with Crippen molar-refractivity contribution in [1.29, 1.82) is 0 Å². The van der Waals surface area contributed by atoms with E-state index in [-0.39, 0.29) is 11.4 Å². The highest BCUT2D eigenvalue weighted by Gasteiger charge is 2.13. The zero-order valence-electron chi connectivity index (χ0n) is 12.3. The van der Waals surface area contributed by atoms with E-state index in [2.05, 4.69) is 25.6 Å². The van der Waals surface area contributed by atoms with Gasteiger partial charge in [0.05, 0.1) is 4.90 Å². The Balaban J connectivity index is 1.62. The Labute approximate surface area is 152 Å². The lowest BCUT2D eigenvalue weighted by molar-refractivity contribution is 0.478. The number of halogens is 1. The van der Waals surface area contributed by atoms with Crippen molar-refractivity contribution in [2.45, 2.75) is 11.4 Å². The molecule has 0 aliphatic heterocycles. The van der Waals surface area contributed by atoms with Gasteiger partial charge in [-0.3, -0.25) is 0 Å². The molecule has 0 radical (unpaired) electrons. The van der Waals surface area contributed by atoms with Crippen LogP contribution in [0.15, 0.2) is 69.5 Å². The Morgan fingerprint density at radius 3 is 2.42 bits per heavy atom. The van der Waals surface area contributed by atoms with E-state index >= 15 is 0 Å². The maximum Gasteiger partial charge on any atom is 0.278 e. The van der Waals surface area contributed by atoms with Crippen molar-refractivity contribution in [2.24, 2.45) is 0 Å². The van der Waals surface area contributed by atoms with E-state index in [1.54, 1.807) is 42.6 Å². The third-order valence-electron chi connectivity index (χ3n) is 3.13. The molecule has 124 valence electrons. The lowest BCUT2D eigenvalue weighted by Gasteiger charge is -2.08. The fourth-order valence-electron chi connectivity index (χ4n) is 1.91. The highest BCUT2D eigenvalue weighted by molar-refractivity contribution is 9.10. The van der Waals surface area contributed by atoms with Gasteiger partial charge in [-0.15, -0.1) is 0 Å². The highest BCUT2D eigenvalue weighted by atomic mass is 79.9. The number of nitrogens with zero attached hydrogens (tertiary/aromatic N) is 1. The Hall–Kier alpha value is -1.74. The number of benzene rings is 2. The molecule has 3 aromatic rings. The first kappa shape index (κ1) is 17.1. The van der Waals surface area contributed by atoms with Crippen LogP contribution in [0.3, 0.4) is 0 Å². The van der Waals surface area contributed by atoms with Crippen molar-refractivity contribution >= 4 is 37.3 Å². The van der Waals surface area contributed by atoms with Crippen molar-refractivity contribution in [3.05, 3.63) is 70.1 Å². The maximum atomic E-state index is 12.2. The molecule has 5 nitrogen and oxygen atoms in total. The van der Waals surface area contributed by atoms with Gasteiger partial charge in [-0.05, 0) is 42.0 Å². The first-order valence-corrected chi connectivity index (χ1v) is 10.1. The molecule has 1 N–H and O–H groups in total. The largest absolute Gasteiger partial charge is 0.431 e. The fraction of sp³-hybridized carbons (Fsp3) is 0.0625. The molecule has 1 aromatic heterocycles. The van der Waals surface area contributed by atoms with Crippen LogP contribution in [0.25, 0.3) is 0 Å². The van der Waals surface area contributed by atoms with Crippen LogP contribution >= 0.6 is 27.3 Å². The number of hydrogen-bond acceptors (Lipinski definition) is 5. The molecule has 0 atom stereocenters. The Bertz CT molecular complexity index is 894. The number of ether oxygens (including phenoxy) is 1. The predicted molar refractivity (Wildman–Crippen MR) is 96.8 cm³/mol. The number of hydrogen-bond donors (Lipinski definition) is 1. The van der Waals surface area contributed by atoms with E-state index in [0.717, 1.165) is 10.0 Å². The van der Waals surface area contributed by atoms with Crippen LogP contribution in [0, 0.1) is 0 Å².